The predicted octanol–water partition coefficient (Wildman–Crippen LogP) is 5.27. The highest BCUT2D eigenvalue weighted by molar-refractivity contribution is 5.98. The first-order valence-electron chi connectivity index (χ1n) is 11.1. The molecule has 1 amide bonds. The number of carbonyl (C=O) groups is 1. The Kier molecular flexibility index (Phi) is 6.09. The molecular formula is C27H30N4O2. The minimum Gasteiger partial charge on any atom is -0.496 e. The lowest BCUT2D eigenvalue weighted by molar-refractivity contribution is 0.0955. The molecule has 1 N–H and O–H groups in total. The molecule has 170 valence electrons. The molecule has 2 aromatic carbocycles. The number of allylic oxidation sites excluding steroid dienone is 1. The number of benzene rings is 2. The molecule has 1 aliphatic heterocycles. The summed E-state index contributed by atoms with van der Waals surface area (Å²) in [7, 11) is 1.65. The highest BCUT2D eigenvalue weighted by Crippen LogP contribution is 2.41. The van der Waals surface area contributed by atoms with Crippen molar-refractivity contribution < 1.29 is 9.53 Å². The van der Waals surface area contributed by atoms with Gasteiger partial charge in [-0.05, 0) is 63.6 Å². The van der Waals surface area contributed by atoms with Crippen LogP contribution in [0.2, 0.25) is 0 Å². The third-order valence-electron chi connectivity index (χ3n) is 6.05. The third kappa shape index (κ3) is 4.29. The molecule has 0 saturated heterocycles. The number of rotatable bonds is 6. The first kappa shape index (κ1) is 22.4. The predicted molar refractivity (Wildman–Crippen MR) is 135 cm³/mol. The van der Waals surface area contributed by atoms with E-state index in [0.29, 0.717) is 11.3 Å². The fourth-order valence-electron chi connectivity index (χ4n) is 4.58. The molecule has 0 aliphatic carbocycles. The van der Waals surface area contributed by atoms with Gasteiger partial charge < -0.3 is 14.2 Å². The second-order valence-corrected chi connectivity index (χ2v) is 8.64. The zero-order valence-corrected chi connectivity index (χ0v) is 19.8. The minimum absolute atomic E-state index is 0.0759. The van der Waals surface area contributed by atoms with Crippen LogP contribution in [0.4, 0.5) is 5.69 Å². The van der Waals surface area contributed by atoms with E-state index in [1.54, 1.807) is 19.4 Å². The first-order chi connectivity index (χ1) is 15.9. The van der Waals surface area contributed by atoms with E-state index in [0.717, 1.165) is 29.0 Å². The Morgan fingerprint density at radius 2 is 1.85 bits per heavy atom. The number of nitrogens with one attached hydrogen (secondary N) is 1. The Labute approximate surface area is 195 Å². The van der Waals surface area contributed by atoms with Crippen LogP contribution in [-0.4, -0.2) is 35.9 Å². The van der Waals surface area contributed by atoms with E-state index < -0.39 is 0 Å². The van der Waals surface area contributed by atoms with Crippen molar-refractivity contribution in [3.63, 3.8) is 0 Å². The summed E-state index contributed by atoms with van der Waals surface area (Å²) in [5.74, 6) is 0.436. The van der Waals surface area contributed by atoms with Crippen LogP contribution in [0.5, 0.6) is 5.75 Å². The van der Waals surface area contributed by atoms with Crippen molar-refractivity contribution in [1.82, 2.24) is 9.99 Å². The van der Waals surface area contributed by atoms with Crippen LogP contribution in [-0.2, 0) is 0 Å². The Morgan fingerprint density at radius 3 is 2.55 bits per heavy atom. The normalized spacial score (nSPS) is 14.7. The molecule has 0 unspecified atom stereocenters. The Hall–Kier alpha value is -3.80. The molecule has 1 aromatic heterocycles. The van der Waals surface area contributed by atoms with Crippen LogP contribution in [0.3, 0.4) is 0 Å². The molecule has 0 spiro atoms. The molecular weight excluding hydrogens is 412 g/mol. The van der Waals surface area contributed by atoms with Crippen LogP contribution in [0, 0.1) is 0 Å². The summed E-state index contributed by atoms with van der Waals surface area (Å²) in [6.07, 6.45) is 7.74. The van der Waals surface area contributed by atoms with E-state index in [2.05, 4.69) is 61.3 Å². The van der Waals surface area contributed by atoms with Crippen molar-refractivity contribution in [2.45, 2.75) is 33.2 Å². The minimum atomic E-state index is -0.275. The SMILES string of the molecule is CCN1c2cc(OC)c(/C=N\NC(=O)c3ccccc3-n3cccc3)cc2C(C)=CC1(C)C. The summed E-state index contributed by atoms with van der Waals surface area (Å²) in [5, 5.41) is 4.24. The van der Waals surface area contributed by atoms with Gasteiger partial charge in [-0.3, -0.25) is 4.79 Å². The van der Waals surface area contributed by atoms with Crippen LogP contribution < -0.4 is 15.1 Å². The van der Waals surface area contributed by atoms with Gasteiger partial charge in [0.25, 0.3) is 5.91 Å². The first-order valence-corrected chi connectivity index (χ1v) is 11.1. The number of para-hydroxylation sites is 1. The van der Waals surface area contributed by atoms with Gasteiger partial charge >= 0.3 is 0 Å². The number of amides is 1. The topological polar surface area (TPSA) is 58.9 Å². The average Bonchev–Trinajstić information content (AvgIpc) is 3.33. The van der Waals surface area contributed by atoms with Gasteiger partial charge in [-0.2, -0.15) is 5.10 Å². The van der Waals surface area contributed by atoms with Gasteiger partial charge in [-0.1, -0.05) is 18.2 Å². The van der Waals surface area contributed by atoms with E-state index in [4.69, 9.17) is 4.74 Å². The smallest absolute Gasteiger partial charge is 0.273 e. The lowest BCUT2D eigenvalue weighted by Crippen LogP contribution is -2.44. The lowest BCUT2D eigenvalue weighted by Gasteiger charge is -2.43. The highest BCUT2D eigenvalue weighted by atomic mass is 16.5. The van der Waals surface area contributed by atoms with Gasteiger partial charge in [0.15, 0.2) is 0 Å². The van der Waals surface area contributed by atoms with Crippen LogP contribution in [0.15, 0.2) is 72.1 Å². The number of hydrogen-bond donors (Lipinski definition) is 1. The quantitative estimate of drug-likeness (QED) is 0.418. The maximum Gasteiger partial charge on any atom is 0.273 e. The molecule has 6 heteroatoms. The van der Waals surface area contributed by atoms with E-state index >= 15 is 0 Å². The van der Waals surface area contributed by atoms with Crippen molar-refractivity contribution in [3.8, 4) is 11.4 Å². The van der Waals surface area contributed by atoms with Crippen molar-refractivity contribution in [2.75, 3.05) is 18.6 Å². The summed E-state index contributed by atoms with van der Waals surface area (Å²) in [6, 6.07) is 15.4. The van der Waals surface area contributed by atoms with Gasteiger partial charge in [0.2, 0.25) is 0 Å². The summed E-state index contributed by atoms with van der Waals surface area (Å²) in [6.45, 7) is 9.60. The molecule has 1 aliphatic rings. The number of hydrogen-bond acceptors (Lipinski definition) is 4. The number of nitrogens with zero attached hydrogens (tertiary/aromatic N) is 3. The fourth-order valence-corrected chi connectivity index (χ4v) is 4.58. The maximum absolute atomic E-state index is 12.9. The number of carbonyl (C=O) groups excluding carboxylic acids is 1. The Morgan fingerprint density at radius 1 is 1.12 bits per heavy atom. The molecule has 0 saturated carbocycles. The zero-order valence-electron chi connectivity index (χ0n) is 19.8. The second kappa shape index (κ2) is 8.98. The van der Waals surface area contributed by atoms with Crippen LogP contribution in [0.25, 0.3) is 11.3 Å². The second-order valence-electron chi connectivity index (χ2n) is 8.64. The van der Waals surface area contributed by atoms with E-state index in [1.807, 2.05) is 47.3 Å². The number of methoxy groups -OCH3 is 1. The van der Waals surface area contributed by atoms with E-state index in [9.17, 15) is 4.79 Å². The monoisotopic (exact) mass is 442 g/mol. The summed E-state index contributed by atoms with van der Waals surface area (Å²) in [4.78, 5) is 15.2. The third-order valence-corrected chi connectivity index (χ3v) is 6.05. The number of likely N-dealkylation sites (N-methyl/N-ethyl adjacent to an activating group) is 1. The number of anilines is 1. The number of ether oxygens (including phenoxy) is 1. The molecule has 33 heavy (non-hydrogen) atoms. The summed E-state index contributed by atoms with van der Waals surface area (Å²) >= 11 is 0. The molecule has 0 bridgehead atoms. The maximum atomic E-state index is 12.9. The van der Waals surface area contributed by atoms with E-state index in [1.165, 1.54) is 5.57 Å². The van der Waals surface area contributed by atoms with Gasteiger partial charge in [0, 0.05) is 41.8 Å². The number of fused-ring (bicyclic) bond motifs is 1. The Bertz CT molecular complexity index is 1220. The molecule has 6 nitrogen and oxygen atoms in total. The number of hydrazone groups is 1. The zero-order chi connectivity index (χ0) is 23.6. The van der Waals surface area contributed by atoms with Crippen molar-refractivity contribution in [1.29, 1.82) is 0 Å². The van der Waals surface area contributed by atoms with Gasteiger partial charge in [-0.15, -0.1) is 0 Å². The van der Waals surface area contributed by atoms with E-state index in [-0.39, 0.29) is 11.4 Å². The van der Waals surface area contributed by atoms with Crippen LogP contribution in [0.1, 0.15) is 49.2 Å². The van der Waals surface area contributed by atoms with Gasteiger partial charge in [0.1, 0.15) is 5.75 Å². The van der Waals surface area contributed by atoms with Gasteiger partial charge in [0.05, 0.1) is 30.1 Å². The molecule has 0 radical (unpaired) electrons. The van der Waals surface area contributed by atoms with Crippen molar-refractivity contribution >= 4 is 23.4 Å². The number of aromatic nitrogens is 1. The molecule has 0 atom stereocenters. The van der Waals surface area contributed by atoms with Gasteiger partial charge in [-0.25, -0.2) is 5.43 Å². The fraction of sp³-hybridized carbons (Fsp3) is 0.259. The van der Waals surface area contributed by atoms with Crippen LogP contribution >= 0.6 is 0 Å². The molecule has 2 heterocycles. The summed E-state index contributed by atoms with van der Waals surface area (Å²) < 4.78 is 7.57. The van der Waals surface area contributed by atoms with Crippen molar-refractivity contribution in [3.05, 3.63) is 83.7 Å². The largest absolute Gasteiger partial charge is 0.496 e. The lowest BCUT2D eigenvalue weighted by atomic mass is 9.88. The molecule has 3 aromatic rings. The molecule has 4 rings (SSSR count). The summed E-state index contributed by atoms with van der Waals surface area (Å²) in [5.41, 5.74) is 8.22. The standard InChI is InChI=1S/C27H30N4O2/c1-6-31-24-16-25(33-5)20(15-22(24)19(2)17-27(31,3)4)18-28-29-26(32)21-11-7-8-12-23(21)30-13-9-10-14-30/h7-18H,6H2,1-5H3,(H,29,32)/b28-18-. The molecule has 0 fully saturated rings. The highest BCUT2D eigenvalue weighted by Gasteiger charge is 2.31. The Balaban J connectivity index is 1.61. The van der Waals surface area contributed by atoms with Crippen molar-refractivity contribution in [2.24, 2.45) is 5.10 Å². The average molecular weight is 443 g/mol.